The van der Waals surface area contributed by atoms with Crippen LogP contribution >= 0.6 is 11.6 Å². The maximum atomic E-state index is 12.8. The van der Waals surface area contributed by atoms with Crippen LogP contribution in [0.5, 0.6) is 0 Å². The Balaban J connectivity index is 2.47. The highest BCUT2D eigenvalue weighted by Crippen LogP contribution is 2.21. The minimum atomic E-state index is -0.588. The highest BCUT2D eigenvalue weighted by molar-refractivity contribution is 6.33. The predicted octanol–water partition coefficient (Wildman–Crippen LogP) is 1.74. The number of rotatable bonds is 4. The van der Waals surface area contributed by atoms with Crippen LogP contribution in [0.3, 0.4) is 0 Å². The fourth-order valence-corrected chi connectivity index (χ4v) is 1.39. The number of carbonyl (C=O) groups excluding carboxylic acids is 2. The van der Waals surface area contributed by atoms with Gasteiger partial charge in [0.25, 0.3) is 0 Å². The molecule has 0 bridgehead atoms. The van der Waals surface area contributed by atoms with Gasteiger partial charge in [-0.2, -0.15) is 0 Å². The number of amides is 3. The molecule has 18 heavy (non-hydrogen) atoms. The molecule has 1 aromatic rings. The summed E-state index contributed by atoms with van der Waals surface area (Å²) in [6.45, 7) is 2.13. The first-order valence-corrected chi connectivity index (χ1v) is 5.67. The highest BCUT2D eigenvalue weighted by atomic mass is 35.5. The quantitative estimate of drug-likeness (QED) is 0.782. The van der Waals surface area contributed by atoms with E-state index in [2.05, 4.69) is 16.0 Å². The zero-order valence-corrected chi connectivity index (χ0v) is 10.5. The molecule has 0 saturated heterocycles. The van der Waals surface area contributed by atoms with Gasteiger partial charge in [-0.15, -0.1) is 0 Å². The summed E-state index contributed by atoms with van der Waals surface area (Å²) in [6.07, 6.45) is 0. The van der Waals surface area contributed by atoms with Gasteiger partial charge in [0.15, 0.2) is 0 Å². The fourth-order valence-electron chi connectivity index (χ4n) is 1.18. The van der Waals surface area contributed by atoms with Crippen LogP contribution < -0.4 is 16.0 Å². The topological polar surface area (TPSA) is 70.2 Å². The van der Waals surface area contributed by atoms with Crippen molar-refractivity contribution in [2.75, 3.05) is 18.4 Å². The monoisotopic (exact) mass is 273 g/mol. The Morgan fingerprint density at radius 2 is 2.06 bits per heavy atom. The summed E-state index contributed by atoms with van der Waals surface area (Å²) in [5.74, 6) is -0.786. The molecule has 5 nitrogen and oxygen atoms in total. The van der Waals surface area contributed by atoms with Gasteiger partial charge >= 0.3 is 6.03 Å². The van der Waals surface area contributed by atoms with Crippen molar-refractivity contribution in [1.29, 1.82) is 0 Å². The molecule has 1 rings (SSSR count). The third-order valence-corrected chi connectivity index (χ3v) is 2.28. The first-order valence-electron chi connectivity index (χ1n) is 5.29. The number of hydrogen-bond donors (Lipinski definition) is 3. The SMILES string of the molecule is CCNC(=O)CNC(=O)Nc1ccc(F)cc1Cl. The van der Waals surface area contributed by atoms with E-state index >= 15 is 0 Å². The van der Waals surface area contributed by atoms with E-state index in [1.54, 1.807) is 6.92 Å². The summed E-state index contributed by atoms with van der Waals surface area (Å²) in [6, 6.07) is 3.00. The summed E-state index contributed by atoms with van der Waals surface area (Å²) in [5.41, 5.74) is 0.270. The molecule has 0 spiro atoms. The second-order valence-corrected chi connectivity index (χ2v) is 3.79. The number of urea groups is 1. The summed E-state index contributed by atoms with van der Waals surface area (Å²) >= 11 is 5.72. The Morgan fingerprint density at radius 3 is 2.67 bits per heavy atom. The van der Waals surface area contributed by atoms with Crippen LogP contribution in [0.1, 0.15) is 6.92 Å². The molecule has 0 aliphatic rings. The first kappa shape index (κ1) is 14.2. The third kappa shape index (κ3) is 4.58. The average Bonchev–Trinajstić information content (AvgIpc) is 2.31. The molecular formula is C11H13ClFN3O2. The van der Waals surface area contributed by atoms with Gasteiger partial charge in [-0.3, -0.25) is 4.79 Å². The fraction of sp³-hybridized carbons (Fsp3) is 0.273. The molecule has 3 N–H and O–H groups in total. The molecule has 0 saturated carbocycles. The van der Waals surface area contributed by atoms with E-state index < -0.39 is 11.8 Å². The van der Waals surface area contributed by atoms with E-state index in [1.165, 1.54) is 12.1 Å². The Bertz CT molecular complexity index is 454. The number of likely N-dealkylation sites (N-methyl/N-ethyl adjacent to an activating group) is 1. The van der Waals surface area contributed by atoms with E-state index in [1.807, 2.05) is 0 Å². The van der Waals surface area contributed by atoms with Crippen molar-refractivity contribution in [3.8, 4) is 0 Å². The van der Waals surface area contributed by atoms with Crippen molar-refractivity contribution < 1.29 is 14.0 Å². The van der Waals surface area contributed by atoms with Gasteiger partial charge < -0.3 is 16.0 Å². The van der Waals surface area contributed by atoms with Crippen LogP contribution in [0.15, 0.2) is 18.2 Å². The van der Waals surface area contributed by atoms with Crippen LogP contribution in [0, 0.1) is 5.82 Å². The number of halogens is 2. The van der Waals surface area contributed by atoms with E-state index in [9.17, 15) is 14.0 Å². The number of anilines is 1. The average molecular weight is 274 g/mol. The van der Waals surface area contributed by atoms with Crippen LogP contribution in [0.25, 0.3) is 0 Å². The molecule has 0 atom stereocenters. The van der Waals surface area contributed by atoms with Gasteiger partial charge in [0.05, 0.1) is 17.3 Å². The molecule has 0 fully saturated rings. The Labute approximate surface area is 109 Å². The number of benzene rings is 1. The maximum Gasteiger partial charge on any atom is 0.319 e. The van der Waals surface area contributed by atoms with Gasteiger partial charge in [-0.1, -0.05) is 11.6 Å². The first-order chi connectivity index (χ1) is 8.52. The molecule has 98 valence electrons. The van der Waals surface area contributed by atoms with Gasteiger partial charge in [0.1, 0.15) is 5.82 Å². The Morgan fingerprint density at radius 1 is 1.33 bits per heavy atom. The molecule has 0 unspecified atom stereocenters. The summed E-state index contributed by atoms with van der Waals surface area (Å²) in [7, 11) is 0. The third-order valence-electron chi connectivity index (χ3n) is 1.96. The van der Waals surface area contributed by atoms with E-state index in [0.29, 0.717) is 6.54 Å². The lowest BCUT2D eigenvalue weighted by atomic mass is 10.3. The zero-order chi connectivity index (χ0) is 13.5. The molecule has 0 aromatic heterocycles. The van der Waals surface area contributed by atoms with Crippen LogP contribution in [0.2, 0.25) is 5.02 Å². The minimum absolute atomic E-state index is 0.0863. The molecule has 3 amide bonds. The van der Waals surface area contributed by atoms with Crippen molar-refractivity contribution in [1.82, 2.24) is 10.6 Å². The van der Waals surface area contributed by atoms with Crippen molar-refractivity contribution in [2.24, 2.45) is 0 Å². The van der Waals surface area contributed by atoms with Crippen molar-refractivity contribution >= 4 is 29.2 Å². The normalized spacial score (nSPS) is 9.72. The van der Waals surface area contributed by atoms with Gasteiger partial charge in [-0.05, 0) is 25.1 Å². The standard InChI is InChI=1S/C11H13ClFN3O2/c1-2-14-10(17)6-15-11(18)16-9-4-3-7(13)5-8(9)12/h3-5H,2,6H2,1H3,(H,14,17)(H2,15,16,18). The zero-order valence-electron chi connectivity index (χ0n) is 9.72. The second-order valence-electron chi connectivity index (χ2n) is 3.39. The van der Waals surface area contributed by atoms with E-state index in [-0.39, 0.29) is 23.2 Å². The lowest BCUT2D eigenvalue weighted by Crippen LogP contribution is -2.38. The van der Waals surface area contributed by atoms with Gasteiger partial charge in [0, 0.05) is 6.54 Å². The lowest BCUT2D eigenvalue weighted by molar-refractivity contribution is -0.119. The van der Waals surface area contributed by atoms with Crippen molar-refractivity contribution in [3.05, 3.63) is 29.0 Å². The molecule has 7 heteroatoms. The largest absolute Gasteiger partial charge is 0.355 e. The Hall–Kier alpha value is -1.82. The van der Waals surface area contributed by atoms with Gasteiger partial charge in [0.2, 0.25) is 5.91 Å². The van der Waals surface area contributed by atoms with Crippen molar-refractivity contribution in [3.63, 3.8) is 0 Å². The smallest absolute Gasteiger partial charge is 0.319 e. The number of nitrogens with one attached hydrogen (secondary N) is 3. The van der Waals surface area contributed by atoms with Crippen LogP contribution in [-0.2, 0) is 4.79 Å². The molecule has 1 aromatic carbocycles. The summed E-state index contributed by atoms with van der Waals surface area (Å²) in [4.78, 5) is 22.5. The van der Waals surface area contributed by atoms with E-state index in [0.717, 1.165) is 6.07 Å². The Kier molecular flexibility index (Phi) is 5.38. The van der Waals surface area contributed by atoms with Crippen molar-refractivity contribution in [2.45, 2.75) is 6.92 Å². The summed E-state index contributed by atoms with van der Waals surface area (Å²) in [5, 5.41) is 7.36. The molecule has 0 aliphatic carbocycles. The minimum Gasteiger partial charge on any atom is -0.355 e. The lowest BCUT2D eigenvalue weighted by Gasteiger charge is -2.08. The van der Waals surface area contributed by atoms with Crippen LogP contribution in [0.4, 0.5) is 14.9 Å². The van der Waals surface area contributed by atoms with E-state index in [4.69, 9.17) is 11.6 Å². The summed E-state index contributed by atoms with van der Waals surface area (Å²) < 4.78 is 12.8. The number of hydrogen-bond acceptors (Lipinski definition) is 2. The molecular weight excluding hydrogens is 261 g/mol. The number of carbonyl (C=O) groups is 2. The van der Waals surface area contributed by atoms with Gasteiger partial charge in [-0.25, -0.2) is 9.18 Å². The highest BCUT2D eigenvalue weighted by Gasteiger charge is 2.07. The molecule has 0 aliphatic heterocycles. The maximum absolute atomic E-state index is 12.8. The second kappa shape index (κ2) is 6.80. The predicted molar refractivity (Wildman–Crippen MR) is 67.1 cm³/mol. The van der Waals surface area contributed by atoms with Crippen LogP contribution in [-0.4, -0.2) is 25.0 Å². The molecule has 0 radical (unpaired) electrons. The molecule has 0 heterocycles.